The van der Waals surface area contributed by atoms with Gasteiger partial charge in [-0.05, 0) is 42.5 Å². The van der Waals surface area contributed by atoms with E-state index in [2.05, 4.69) is 5.32 Å². The lowest BCUT2D eigenvalue weighted by Crippen LogP contribution is -2.39. The summed E-state index contributed by atoms with van der Waals surface area (Å²) in [6.45, 7) is 0. The van der Waals surface area contributed by atoms with Crippen molar-refractivity contribution in [1.29, 1.82) is 0 Å². The first kappa shape index (κ1) is 20.5. The number of anilines is 2. The highest BCUT2D eigenvalue weighted by Crippen LogP contribution is 2.46. The van der Waals surface area contributed by atoms with Crippen molar-refractivity contribution in [2.75, 3.05) is 17.3 Å². The van der Waals surface area contributed by atoms with Crippen LogP contribution >= 0.6 is 11.3 Å². The molecule has 5 rings (SSSR count). The molecule has 1 aromatic heterocycles. The molecule has 1 amide bonds. The van der Waals surface area contributed by atoms with Crippen LogP contribution in [0.25, 0.3) is 0 Å². The summed E-state index contributed by atoms with van der Waals surface area (Å²) in [7, 11) is 1.62. The minimum Gasteiger partial charge on any atom is -0.496 e. The van der Waals surface area contributed by atoms with Crippen molar-refractivity contribution in [2.24, 2.45) is 0 Å². The number of ether oxygens (including phenoxy) is 1. The lowest BCUT2D eigenvalue weighted by molar-refractivity contribution is -0.118. The number of para-hydroxylation sites is 3. The average Bonchev–Trinajstić information content (AvgIpc) is 3.26. The van der Waals surface area contributed by atoms with E-state index in [9.17, 15) is 9.59 Å². The molecule has 1 atom stereocenters. The van der Waals surface area contributed by atoms with Crippen LogP contribution in [0.15, 0.2) is 77.3 Å². The molecule has 2 aromatic carbocycles. The van der Waals surface area contributed by atoms with E-state index >= 15 is 0 Å². The molecule has 0 unspecified atom stereocenters. The maximum absolute atomic E-state index is 13.9. The summed E-state index contributed by atoms with van der Waals surface area (Å²) >= 11 is 1.56. The number of Topliss-reactive ketones (excluding diaryl/α,β-unsaturated/α-hetero) is 1. The third kappa shape index (κ3) is 3.60. The number of amides is 1. The summed E-state index contributed by atoms with van der Waals surface area (Å²) in [6, 6.07) is 18.8. The SMILES string of the molecule is COc1ccccc1[C@H]1C2=C(CCCC2=O)Nc2ccccc2N1C(=O)Cc1cccs1. The van der Waals surface area contributed by atoms with E-state index < -0.39 is 6.04 Å². The number of benzene rings is 2. The van der Waals surface area contributed by atoms with Crippen molar-refractivity contribution < 1.29 is 14.3 Å². The maximum atomic E-state index is 13.9. The Morgan fingerprint density at radius 2 is 1.91 bits per heavy atom. The van der Waals surface area contributed by atoms with Crippen LogP contribution in [-0.4, -0.2) is 18.8 Å². The fraction of sp³-hybridized carbons (Fsp3) is 0.231. The zero-order valence-corrected chi connectivity index (χ0v) is 18.7. The third-order valence-electron chi connectivity index (χ3n) is 6.04. The normalized spacial score (nSPS) is 17.8. The minimum atomic E-state index is -0.558. The second-order valence-electron chi connectivity index (χ2n) is 7.98. The van der Waals surface area contributed by atoms with Gasteiger partial charge in [-0.25, -0.2) is 0 Å². The molecule has 0 saturated carbocycles. The number of fused-ring (bicyclic) bond motifs is 1. The fourth-order valence-electron chi connectivity index (χ4n) is 4.64. The summed E-state index contributed by atoms with van der Waals surface area (Å²) in [5, 5.41) is 5.48. The first-order valence-electron chi connectivity index (χ1n) is 10.8. The van der Waals surface area contributed by atoms with Gasteiger partial charge in [-0.3, -0.25) is 14.5 Å². The van der Waals surface area contributed by atoms with Gasteiger partial charge in [0.05, 0.1) is 30.9 Å². The number of carbonyl (C=O) groups excluding carboxylic acids is 2. The Hall–Kier alpha value is -3.38. The van der Waals surface area contributed by atoms with Crippen molar-refractivity contribution >= 4 is 34.4 Å². The van der Waals surface area contributed by atoms with Gasteiger partial charge in [-0.2, -0.15) is 0 Å². The largest absolute Gasteiger partial charge is 0.496 e. The molecule has 1 aliphatic heterocycles. The molecule has 2 aliphatic rings. The lowest BCUT2D eigenvalue weighted by Gasteiger charge is -2.34. The van der Waals surface area contributed by atoms with Crippen LogP contribution in [0.2, 0.25) is 0 Å². The van der Waals surface area contributed by atoms with Gasteiger partial charge in [0.2, 0.25) is 5.91 Å². The number of carbonyl (C=O) groups is 2. The van der Waals surface area contributed by atoms with Crippen LogP contribution in [-0.2, 0) is 16.0 Å². The van der Waals surface area contributed by atoms with Gasteiger partial charge in [0.25, 0.3) is 0 Å². The van der Waals surface area contributed by atoms with Crippen molar-refractivity contribution in [2.45, 2.75) is 31.7 Å². The Kier molecular flexibility index (Phi) is 5.53. The topological polar surface area (TPSA) is 58.6 Å². The zero-order valence-electron chi connectivity index (χ0n) is 17.8. The number of rotatable bonds is 4. The van der Waals surface area contributed by atoms with Gasteiger partial charge in [0, 0.05) is 28.1 Å². The summed E-state index contributed by atoms with van der Waals surface area (Å²) in [6.07, 6.45) is 2.33. The van der Waals surface area contributed by atoms with E-state index in [1.165, 1.54) is 0 Å². The average molecular weight is 445 g/mol. The lowest BCUT2D eigenvalue weighted by atomic mass is 9.85. The molecule has 3 aromatic rings. The van der Waals surface area contributed by atoms with Gasteiger partial charge in [-0.15, -0.1) is 11.3 Å². The number of thiophene rings is 1. The molecular formula is C26H24N2O3S. The Bertz CT molecular complexity index is 1200. The Morgan fingerprint density at radius 3 is 2.72 bits per heavy atom. The van der Waals surface area contributed by atoms with Crippen LogP contribution < -0.4 is 15.0 Å². The molecule has 32 heavy (non-hydrogen) atoms. The number of allylic oxidation sites excluding steroid dienone is 1. The molecule has 162 valence electrons. The van der Waals surface area contributed by atoms with Crippen LogP contribution in [0.5, 0.6) is 5.75 Å². The Morgan fingerprint density at radius 1 is 1.09 bits per heavy atom. The number of nitrogens with one attached hydrogen (secondary N) is 1. The van der Waals surface area contributed by atoms with E-state index in [4.69, 9.17) is 4.74 Å². The molecule has 1 aliphatic carbocycles. The maximum Gasteiger partial charge on any atom is 0.233 e. The molecule has 2 heterocycles. The third-order valence-corrected chi connectivity index (χ3v) is 6.92. The monoisotopic (exact) mass is 444 g/mol. The van der Waals surface area contributed by atoms with E-state index in [0.29, 0.717) is 17.7 Å². The first-order valence-corrected chi connectivity index (χ1v) is 11.6. The van der Waals surface area contributed by atoms with Crippen molar-refractivity contribution in [1.82, 2.24) is 0 Å². The Balaban J connectivity index is 1.75. The highest BCUT2D eigenvalue weighted by atomic mass is 32.1. The van der Waals surface area contributed by atoms with E-state index in [0.717, 1.165) is 40.4 Å². The summed E-state index contributed by atoms with van der Waals surface area (Å²) in [5.41, 5.74) is 3.99. The fourth-order valence-corrected chi connectivity index (χ4v) is 5.34. The van der Waals surface area contributed by atoms with Gasteiger partial charge in [0.15, 0.2) is 5.78 Å². The van der Waals surface area contributed by atoms with Crippen LogP contribution in [0.4, 0.5) is 11.4 Å². The molecule has 5 nitrogen and oxygen atoms in total. The van der Waals surface area contributed by atoms with Crippen molar-refractivity contribution in [3.63, 3.8) is 0 Å². The quantitative estimate of drug-likeness (QED) is 0.577. The number of methoxy groups -OCH3 is 1. The number of hydrogen-bond donors (Lipinski definition) is 1. The number of hydrogen-bond acceptors (Lipinski definition) is 5. The van der Waals surface area contributed by atoms with E-state index in [1.54, 1.807) is 23.3 Å². The van der Waals surface area contributed by atoms with Crippen LogP contribution in [0, 0.1) is 0 Å². The van der Waals surface area contributed by atoms with Gasteiger partial charge in [0.1, 0.15) is 5.75 Å². The summed E-state index contributed by atoms with van der Waals surface area (Å²) in [4.78, 5) is 30.0. The van der Waals surface area contributed by atoms with Crippen molar-refractivity contribution in [3.05, 3.63) is 87.8 Å². The highest BCUT2D eigenvalue weighted by Gasteiger charge is 2.40. The molecule has 0 fully saturated rings. The minimum absolute atomic E-state index is 0.0512. The van der Waals surface area contributed by atoms with Gasteiger partial charge >= 0.3 is 0 Å². The standard InChI is InChI=1S/C26H24N2O3S/c1-31-23-14-5-2-9-18(23)26-25-20(11-6-13-22(25)29)27-19-10-3-4-12-21(19)28(26)24(30)16-17-8-7-15-32-17/h2-5,7-10,12,14-15,26-27H,6,11,13,16H2,1H3/t26-/m0/s1. The molecular weight excluding hydrogens is 420 g/mol. The molecule has 0 bridgehead atoms. The summed E-state index contributed by atoms with van der Waals surface area (Å²) in [5.74, 6) is 0.692. The molecule has 0 spiro atoms. The summed E-state index contributed by atoms with van der Waals surface area (Å²) < 4.78 is 5.69. The van der Waals surface area contributed by atoms with Gasteiger partial charge < -0.3 is 10.1 Å². The molecule has 1 N–H and O–H groups in total. The van der Waals surface area contributed by atoms with E-state index in [-0.39, 0.29) is 18.1 Å². The van der Waals surface area contributed by atoms with Crippen LogP contribution in [0.1, 0.15) is 35.7 Å². The smallest absolute Gasteiger partial charge is 0.233 e. The number of ketones is 1. The predicted octanol–water partition coefficient (Wildman–Crippen LogP) is 5.51. The molecule has 0 saturated heterocycles. The molecule has 6 heteroatoms. The highest BCUT2D eigenvalue weighted by molar-refractivity contribution is 7.10. The second-order valence-corrected chi connectivity index (χ2v) is 9.01. The van der Waals surface area contributed by atoms with Crippen LogP contribution in [0.3, 0.4) is 0 Å². The van der Waals surface area contributed by atoms with Crippen molar-refractivity contribution in [3.8, 4) is 5.75 Å². The first-order chi connectivity index (χ1) is 15.7. The Labute approximate surface area is 191 Å². The molecule has 0 radical (unpaired) electrons. The predicted molar refractivity (Wildman–Crippen MR) is 127 cm³/mol. The van der Waals surface area contributed by atoms with Gasteiger partial charge in [-0.1, -0.05) is 36.4 Å². The zero-order chi connectivity index (χ0) is 22.1. The number of nitrogens with zero attached hydrogens (tertiary/aromatic N) is 1. The van der Waals surface area contributed by atoms with E-state index in [1.807, 2.05) is 66.0 Å². The second kappa shape index (κ2) is 8.63.